The summed E-state index contributed by atoms with van der Waals surface area (Å²) in [5, 5.41) is 0. The van der Waals surface area contributed by atoms with Gasteiger partial charge in [-0.1, -0.05) is 18.8 Å². The maximum Gasteiger partial charge on any atom is 0.139 e. The van der Waals surface area contributed by atoms with Gasteiger partial charge in [-0.25, -0.2) is 0 Å². The van der Waals surface area contributed by atoms with Crippen LogP contribution in [0, 0.1) is 11.8 Å². The summed E-state index contributed by atoms with van der Waals surface area (Å²) < 4.78 is 5.62. The van der Waals surface area contributed by atoms with Crippen LogP contribution in [0.15, 0.2) is 18.5 Å². The highest BCUT2D eigenvalue weighted by Gasteiger charge is 2.01. The molecule has 0 aliphatic carbocycles. The number of halogens is 1. The molecule has 1 aromatic heterocycles. The van der Waals surface area contributed by atoms with E-state index in [9.17, 15) is 0 Å². The van der Waals surface area contributed by atoms with Gasteiger partial charge in [0.05, 0.1) is 18.2 Å². The molecule has 1 heterocycles. The standard InChI is InChI=1S/C12H14ClNO/c1-3-10(2)15-12-7-11(5-4-6-13)8-14-9-12/h7-10H,3,6H2,1-2H3. The lowest BCUT2D eigenvalue weighted by molar-refractivity contribution is 0.216. The van der Waals surface area contributed by atoms with Gasteiger partial charge in [0.15, 0.2) is 0 Å². The molecule has 0 amide bonds. The predicted octanol–water partition coefficient (Wildman–Crippen LogP) is 2.85. The first-order chi connectivity index (χ1) is 7.26. The normalized spacial score (nSPS) is 11.4. The van der Waals surface area contributed by atoms with E-state index < -0.39 is 0 Å². The van der Waals surface area contributed by atoms with Gasteiger partial charge in [-0.3, -0.25) is 4.98 Å². The van der Waals surface area contributed by atoms with Gasteiger partial charge in [0.1, 0.15) is 5.75 Å². The summed E-state index contributed by atoms with van der Waals surface area (Å²) in [6.45, 7) is 4.10. The quantitative estimate of drug-likeness (QED) is 0.581. The maximum absolute atomic E-state index is 5.62. The Morgan fingerprint density at radius 2 is 2.33 bits per heavy atom. The zero-order chi connectivity index (χ0) is 11.1. The lowest BCUT2D eigenvalue weighted by Crippen LogP contribution is -2.09. The van der Waals surface area contributed by atoms with Gasteiger partial charge in [0, 0.05) is 11.8 Å². The first-order valence-electron chi connectivity index (χ1n) is 4.92. The summed E-state index contributed by atoms with van der Waals surface area (Å²) in [4.78, 5) is 4.05. The number of alkyl halides is 1. The minimum Gasteiger partial charge on any atom is -0.489 e. The van der Waals surface area contributed by atoms with Crippen LogP contribution in [0.2, 0.25) is 0 Å². The first-order valence-corrected chi connectivity index (χ1v) is 5.46. The Bertz CT molecular complexity index is 367. The average molecular weight is 224 g/mol. The van der Waals surface area contributed by atoms with Crippen molar-refractivity contribution in [2.75, 3.05) is 5.88 Å². The van der Waals surface area contributed by atoms with Gasteiger partial charge in [-0.05, 0) is 19.4 Å². The highest BCUT2D eigenvalue weighted by Crippen LogP contribution is 2.13. The summed E-state index contributed by atoms with van der Waals surface area (Å²) in [6, 6.07) is 1.87. The smallest absolute Gasteiger partial charge is 0.139 e. The molecule has 0 aromatic carbocycles. The SMILES string of the molecule is CCC(C)Oc1cncc(C#CCCl)c1. The zero-order valence-corrected chi connectivity index (χ0v) is 9.71. The summed E-state index contributed by atoms with van der Waals surface area (Å²) in [5.74, 6) is 6.77. The third-order valence-corrected chi connectivity index (χ3v) is 2.06. The second kappa shape index (κ2) is 6.31. The Labute approximate surface area is 95.6 Å². The van der Waals surface area contributed by atoms with Crippen LogP contribution in [0.25, 0.3) is 0 Å². The summed E-state index contributed by atoms with van der Waals surface area (Å²) >= 11 is 5.47. The number of aromatic nitrogens is 1. The van der Waals surface area contributed by atoms with E-state index >= 15 is 0 Å². The van der Waals surface area contributed by atoms with Crippen LogP contribution in [0.5, 0.6) is 5.75 Å². The van der Waals surface area contributed by atoms with Crippen LogP contribution in [0.4, 0.5) is 0 Å². The van der Waals surface area contributed by atoms with Crippen LogP contribution in [0.1, 0.15) is 25.8 Å². The molecule has 0 saturated carbocycles. The van der Waals surface area contributed by atoms with E-state index in [0.29, 0.717) is 5.88 Å². The Kier molecular flexibility index (Phi) is 5.00. The molecule has 1 aromatic rings. The Morgan fingerprint density at radius 3 is 3.00 bits per heavy atom. The Morgan fingerprint density at radius 1 is 1.53 bits per heavy atom. The van der Waals surface area contributed by atoms with E-state index in [4.69, 9.17) is 16.3 Å². The molecule has 0 bridgehead atoms. The van der Waals surface area contributed by atoms with Crippen LogP contribution in [-0.2, 0) is 0 Å². The first kappa shape index (κ1) is 11.9. The molecular weight excluding hydrogens is 210 g/mol. The molecular formula is C12H14ClNO. The molecule has 1 rings (SSSR count). The molecule has 0 aliphatic heterocycles. The minimum absolute atomic E-state index is 0.197. The number of nitrogens with zero attached hydrogens (tertiary/aromatic N) is 1. The van der Waals surface area contributed by atoms with Crippen molar-refractivity contribution in [1.82, 2.24) is 4.98 Å². The molecule has 0 saturated heterocycles. The van der Waals surface area contributed by atoms with E-state index in [-0.39, 0.29) is 6.10 Å². The minimum atomic E-state index is 0.197. The summed E-state index contributed by atoms with van der Waals surface area (Å²) in [7, 11) is 0. The van der Waals surface area contributed by atoms with E-state index in [1.165, 1.54) is 0 Å². The molecule has 80 valence electrons. The van der Waals surface area contributed by atoms with Crippen molar-refractivity contribution in [3.63, 3.8) is 0 Å². The van der Waals surface area contributed by atoms with Crippen LogP contribution < -0.4 is 4.74 Å². The van der Waals surface area contributed by atoms with Crippen molar-refractivity contribution in [2.24, 2.45) is 0 Å². The number of rotatable bonds is 3. The lowest BCUT2D eigenvalue weighted by Gasteiger charge is -2.11. The average Bonchev–Trinajstić information content (AvgIpc) is 2.26. The van der Waals surface area contributed by atoms with Crippen molar-refractivity contribution in [3.8, 4) is 17.6 Å². The molecule has 0 spiro atoms. The van der Waals surface area contributed by atoms with E-state index in [1.807, 2.05) is 13.0 Å². The third kappa shape index (κ3) is 4.22. The topological polar surface area (TPSA) is 22.1 Å². The number of ether oxygens (including phenoxy) is 1. The largest absolute Gasteiger partial charge is 0.489 e. The molecule has 0 aliphatic rings. The van der Waals surface area contributed by atoms with E-state index in [2.05, 4.69) is 23.7 Å². The fraction of sp³-hybridized carbons (Fsp3) is 0.417. The Hall–Kier alpha value is -1.20. The number of pyridine rings is 1. The van der Waals surface area contributed by atoms with Crippen molar-refractivity contribution < 1.29 is 4.74 Å². The van der Waals surface area contributed by atoms with Gasteiger partial charge in [-0.2, -0.15) is 0 Å². The molecule has 1 atom stereocenters. The highest BCUT2D eigenvalue weighted by atomic mass is 35.5. The second-order valence-corrected chi connectivity index (χ2v) is 3.45. The van der Waals surface area contributed by atoms with Gasteiger partial charge in [0.25, 0.3) is 0 Å². The molecule has 0 radical (unpaired) electrons. The van der Waals surface area contributed by atoms with E-state index in [1.54, 1.807) is 12.4 Å². The van der Waals surface area contributed by atoms with Crippen molar-refractivity contribution >= 4 is 11.6 Å². The van der Waals surface area contributed by atoms with E-state index in [0.717, 1.165) is 17.7 Å². The summed E-state index contributed by atoms with van der Waals surface area (Å²) in [5.41, 5.74) is 0.830. The summed E-state index contributed by atoms with van der Waals surface area (Å²) in [6.07, 6.45) is 4.56. The fourth-order valence-corrected chi connectivity index (χ4v) is 1.07. The molecule has 1 unspecified atom stereocenters. The Balaban J connectivity index is 2.74. The van der Waals surface area contributed by atoms with Crippen molar-refractivity contribution in [2.45, 2.75) is 26.4 Å². The number of hydrogen-bond donors (Lipinski definition) is 0. The molecule has 15 heavy (non-hydrogen) atoms. The van der Waals surface area contributed by atoms with Crippen LogP contribution >= 0.6 is 11.6 Å². The van der Waals surface area contributed by atoms with Crippen LogP contribution in [0.3, 0.4) is 0 Å². The second-order valence-electron chi connectivity index (χ2n) is 3.18. The molecule has 3 heteroatoms. The van der Waals surface area contributed by atoms with Gasteiger partial charge in [-0.15, -0.1) is 11.6 Å². The fourth-order valence-electron chi connectivity index (χ4n) is 1.00. The van der Waals surface area contributed by atoms with Crippen molar-refractivity contribution in [3.05, 3.63) is 24.0 Å². The predicted molar refractivity (Wildman–Crippen MR) is 62.2 cm³/mol. The molecule has 0 fully saturated rings. The van der Waals surface area contributed by atoms with Gasteiger partial charge < -0.3 is 4.74 Å². The maximum atomic E-state index is 5.62. The molecule has 2 nitrogen and oxygen atoms in total. The highest BCUT2D eigenvalue weighted by molar-refractivity contribution is 6.19. The molecule has 0 N–H and O–H groups in total. The van der Waals surface area contributed by atoms with Crippen LogP contribution in [-0.4, -0.2) is 17.0 Å². The van der Waals surface area contributed by atoms with Crippen molar-refractivity contribution in [1.29, 1.82) is 0 Å². The number of hydrogen-bond acceptors (Lipinski definition) is 2. The zero-order valence-electron chi connectivity index (χ0n) is 8.96. The monoisotopic (exact) mass is 223 g/mol. The van der Waals surface area contributed by atoms with Gasteiger partial charge >= 0.3 is 0 Å². The van der Waals surface area contributed by atoms with Gasteiger partial charge in [0.2, 0.25) is 0 Å². The third-order valence-electron chi connectivity index (χ3n) is 1.92. The lowest BCUT2D eigenvalue weighted by atomic mass is 10.2.